The van der Waals surface area contributed by atoms with Crippen LogP contribution in [0.5, 0.6) is 5.75 Å². The molecule has 0 fully saturated rings. The summed E-state index contributed by atoms with van der Waals surface area (Å²) in [6.07, 6.45) is 0.879. The Bertz CT molecular complexity index is 223. The van der Waals surface area contributed by atoms with Crippen molar-refractivity contribution in [3.8, 4) is 5.75 Å². The molecule has 2 nitrogen and oxygen atoms in total. The Hall–Kier alpha value is -1.02. The second-order valence-corrected chi connectivity index (χ2v) is 2.35. The van der Waals surface area contributed by atoms with Crippen LogP contribution in [0.1, 0.15) is 19.4 Å². The van der Waals surface area contributed by atoms with E-state index in [1.807, 2.05) is 38.1 Å². The number of rotatable bonds is 3. The molecule has 0 aromatic heterocycles. The number of nitrogens with two attached hydrogens (primary N) is 1. The minimum absolute atomic E-state index is 0.667. The first kappa shape index (κ1) is 12.0. The molecule has 1 aromatic carbocycles. The molecular weight excluding hydrogens is 162 g/mol. The Kier molecular flexibility index (Phi) is 7.02. The maximum absolute atomic E-state index is 5.43. The van der Waals surface area contributed by atoms with Gasteiger partial charge in [-0.05, 0) is 24.6 Å². The highest BCUT2D eigenvalue weighted by molar-refractivity contribution is 5.33. The summed E-state index contributed by atoms with van der Waals surface area (Å²) in [6, 6.07) is 7.93. The molecule has 13 heavy (non-hydrogen) atoms. The van der Waals surface area contributed by atoms with Gasteiger partial charge in [-0.3, -0.25) is 0 Å². The first-order valence-corrected chi connectivity index (χ1v) is 4.70. The molecule has 0 amide bonds. The average molecular weight is 181 g/mol. The van der Waals surface area contributed by atoms with Crippen molar-refractivity contribution >= 4 is 0 Å². The van der Waals surface area contributed by atoms with Crippen LogP contribution in [0.25, 0.3) is 0 Å². The van der Waals surface area contributed by atoms with E-state index in [9.17, 15) is 0 Å². The predicted octanol–water partition coefficient (Wildman–Crippen LogP) is 2.22. The molecule has 0 heterocycles. The molecule has 1 rings (SSSR count). The molecule has 2 heteroatoms. The third kappa shape index (κ3) is 3.95. The summed E-state index contributed by atoms with van der Waals surface area (Å²) in [5.41, 5.74) is 6.61. The van der Waals surface area contributed by atoms with Gasteiger partial charge in [-0.1, -0.05) is 32.0 Å². The lowest BCUT2D eigenvalue weighted by Gasteiger charge is -2.05. The summed E-state index contributed by atoms with van der Waals surface area (Å²) in [4.78, 5) is 0. The monoisotopic (exact) mass is 181 g/mol. The maximum Gasteiger partial charge on any atom is 0.122 e. The molecule has 0 saturated heterocycles. The maximum atomic E-state index is 5.43. The quantitative estimate of drug-likeness (QED) is 0.776. The first-order chi connectivity index (χ1) is 6.38. The van der Waals surface area contributed by atoms with E-state index in [-0.39, 0.29) is 0 Å². The fraction of sp³-hybridized carbons (Fsp3) is 0.455. The summed E-state index contributed by atoms with van der Waals surface area (Å²) in [5, 5.41) is 0. The Morgan fingerprint density at radius 1 is 1.23 bits per heavy atom. The van der Waals surface area contributed by atoms with Gasteiger partial charge in [0.05, 0.1) is 7.11 Å². The third-order valence-electron chi connectivity index (χ3n) is 1.61. The SMILES string of the molecule is CC.COc1ccccc1CCN. The van der Waals surface area contributed by atoms with Crippen LogP contribution in [0.2, 0.25) is 0 Å². The van der Waals surface area contributed by atoms with Gasteiger partial charge in [0.2, 0.25) is 0 Å². The van der Waals surface area contributed by atoms with Crippen LogP contribution in [0.15, 0.2) is 24.3 Å². The van der Waals surface area contributed by atoms with Gasteiger partial charge in [0.1, 0.15) is 5.75 Å². The summed E-state index contributed by atoms with van der Waals surface area (Å²) in [7, 11) is 1.68. The van der Waals surface area contributed by atoms with E-state index in [0.29, 0.717) is 6.54 Å². The number of benzene rings is 1. The minimum atomic E-state index is 0.667. The van der Waals surface area contributed by atoms with E-state index in [4.69, 9.17) is 10.5 Å². The van der Waals surface area contributed by atoms with Crippen LogP contribution in [0.3, 0.4) is 0 Å². The molecule has 0 aliphatic carbocycles. The number of para-hydroxylation sites is 1. The zero-order valence-corrected chi connectivity index (χ0v) is 8.71. The van der Waals surface area contributed by atoms with E-state index in [1.54, 1.807) is 7.11 Å². The van der Waals surface area contributed by atoms with E-state index in [2.05, 4.69) is 0 Å². The second kappa shape index (κ2) is 7.62. The molecule has 74 valence electrons. The topological polar surface area (TPSA) is 35.2 Å². The lowest BCUT2D eigenvalue weighted by atomic mass is 10.1. The summed E-state index contributed by atoms with van der Waals surface area (Å²) < 4.78 is 5.14. The second-order valence-electron chi connectivity index (χ2n) is 2.35. The molecule has 0 atom stereocenters. The Balaban J connectivity index is 0.000000671. The fourth-order valence-corrected chi connectivity index (χ4v) is 1.07. The minimum Gasteiger partial charge on any atom is -0.496 e. The number of methoxy groups -OCH3 is 1. The van der Waals surface area contributed by atoms with Crippen LogP contribution >= 0.6 is 0 Å². The van der Waals surface area contributed by atoms with Crippen molar-refractivity contribution in [1.29, 1.82) is 0 Å². The molecular formula is C11H19NO. The van der Waals surface area contributed by atoms with Gasteiger partial charge in [-0.2, -0.15) is 0 Å². The predicted molar refractivity (Wildman–Crippen MR) is 57.1 cm³/mol. The molecule has 0 unspecified atom stereocenters. The highest BCUT2D eigenvalue weighted by Gasteiger charge is 1.97. The fourth-order valence-electron chi connectivity index (χ4n) is 1.07. The van der Waals surface area contributed by atoms with Gasteiger partial charge in [-0.15, -0.1) is 0 Å². The zero-order valence-electron chi connectivity index (χ0n) is 8.71. The van der Waals surface area contributed by atoms with Gasteiger partial charge in [0.15, 0.2) is 0 Å². The lowest BCUT2D eigenvalue weighted by molar-refractivity contribution is 0.410. The summed E-state index contributed by atoms with van der Waals surface area (Å²) >= 11 is 0. The Morgan fingerprint density at radius 2 is 1.85 bits per heavy atom. The largest absolute Gasteiger partial charge is 0.496 e. The number of hydrogen-bond acceptors (Lipinski definition) is 2. The molecule has 1 aromatic rings. The Morgan fingerprint density at radius 3 is 2.38 bits per heavy atom. The highest BCUT2D eigenvalue weighted by Crippen LogP contribution is 2.16. The molecule has 0 aliphatic rings. The van der Waals surface area contributed by atoms with Crippen molar-refractivity contribution in [2.45, 2.75) is 20.3 Å². The van der Waals surface area contributed by atoms with Crippen LogP contribution in [-0.4, -0.2) is 13.7 Å². The summed E-state index contributed by atoms with van der Waals surface area (Å²) in [5.74, 6) is 0.929. The summed E-state index contributed by atoms with van der Waals surface area (Å²) in [6.45, 7) is 4.67. The van der Waals surface area contributed by atoms with E-state index >= 15 is 0 Å². The van der Waals surface area contributed by atoms with Crippen molar-refractivity contribution in [3.05, 3.63) is 29.8 Å². The van der Waals surface area contributed by atoms with Crippen molar-refractivity contribution in [3.63, 3.8) is 0 Å². The van der Waals surface area contributed by atoms with Crippen molar-refractivity contribution in [2.24, 2.45) is 5.73 Å². The number of hydrogen-bond donors (Lipinski definition) is 1. The van der Waals surface area contributed by atoms with Crippen LogP contribution in [0, 0.1) is 0 Å². The molecule has 2 N–H and O–H groups in total. The molecule has 0 radical (unpaired) electrons. The van der Waals surface area contributed by atoms with Gasteiger partial charge >= 0.3 is 0 Å². The number of ether oxygens (including phenoxy) is 1. The van der Waals surface area contributed by atoms with Crippen LogP contribution in [0.4, 0.5) is 0 Å². The average Bonchev–Trinajstić information content (AvgIpc) is 2.22. The van der Waals surface area contributed by atoms with Gasteiger partial charge < -0.3 is 10.5 Å². The molecule has 0 saturated carbocycles. The zero-order chi connectivity index (χ0) is 10.1. The smallest absolute Gasteiger partial charge is 0.122 e. The van der Waals surface area contributed by atoms with Gasteiger partial charge in [0.25, 0.3) is 0 Å². The normalized spacial score (nSPS) is 8.62. The molecule has 0 aliphatic heterocycles. The molecule has 0 spiro atoms. The third-order valence-corrected chi connectivity index (χ3v) is 1.61. The lowest BCUT2D eigenvalue weighted by Crippen LogP contribution is -2.03. The molecule has 0 bridgehead atoms. The van der Waals surface area contributed by atoms with E-state index < -0.39 is 0 Å². The van der Waals surface area contributed by atoms with E-state index in [0.717, 1.165) is 12.2 Å². The first-order valence-electron chi connectivity index (χ1n) is 4.70. The van der Waals surface area contributed by atoms with Crippen LogP contribution in [-0.2, 0) is 6.42 Å². The van der Waals surface area contributed by atoms with Crippen molar-refractivity contribution in [1.82, 2.24) is 0 Å². The van der Waals surface area contributed by atoms with Gasteiger partial charge in [-0.25, -0.2) is 0 Å². The Labute approximate surface area is 80.7 Å². The van der Waals surface area contributed by atoms with Gasteiger partial charge in [0, 0.05) is 0 Å². The highest BCUT2D eigenvalue weighted by atomic mass is 16.5. The van der Waals surface area contributed by atoms with Crippen LogP contribution < -0.4 is 10.5 Å². The standard InChI is InChI=1S/C9H13NO.C2H6/c1-11-9-5-3-2-4-8(9)6-7-10;1-2/h2-5H,6-7,10H2,1H3;1-2H3. The van der Waals surface area contributed by atoms with Crippen molar-refractivity contribution < 1.29 is 4.74 Å². The van der Waals surface area contributed by atoms with Crippen molar-refractivity contribution in [2.75, 3.05) is 13.7 Å². The van der Waals surface area contributed by atoms with E-state index in [1.165, 1.54) is 5.56 Å².